The third-order valence-corrected chi connectivity index (χ3v) is 13.0. The molecule has 3 atom stereocenters. The minimum absolute atomic E-state index is 0.0212. The van der Waals surface area contributed by atoms with Crippen molar-refractivity contribution >= 4 is 49.8 Å². The van der Waals surface area contributed by atoms with Crippen molar-refractivity contribution in [2.24, 2.45) is 16.7 Å². The third-order valence-electron chi connectivity index (χ3n) is 5.36. The summed E-state index contributed by atoms with van der Waals surface area (Å²) in [6.07, 6.45) is 3.33. The first-order valence-corrected chi connectivity index (χ1v) is 14.1. The molecule has 2 saturated carbocycles. The Hall–Kier alpha value is 1.62. The Kier molecular flexibility index (Phi) is 2.91. The molecule has 2 rings (SSSR count). The highest BCUT2D eigenvalue weighted by Crippen LogP contribution is 2.73. The van der Waals surface area contributed by atoms with E-state index >= 15 is 0 Å². The van der Waals surface area contributed by atoms with Gasteiger partial charge in [0.1, 0.15) is 0 Å². The van der Waals surface area contributed by atoms with Gasteiger partial charge >= 0.3 is 0 Å². The topological polar surface area (TPSA) is 20.2 Å². The average molecular weight is 421 g/mol. The molecule has 15 heavy (non-hydrogen) atoms. The fourth-order valence-electron chi connectivity index (χ4n) is 3.70. The van der Waals surface area contributed by atoms with Crippen LogP contribution in [0.3, 0.4) is 0 Å². The van der Waals surface area contributed by atoms with Gasteiger partial charge in [0.25, 0.3) is 3.93 Å². The van der Waals surface area contributed by atoms with Gasteiger partial charge in [0, 0.05) is 5.41 Å². The van der Waals surface area contributed by atoms with Crippen LogP contribution in [0.1, 0.15) is 40.0 Å². The quantitative estimate of drug-likeness (QED) is 0.497. The summed E-state index contributed by atoms with van der Waals surface area (Å²) in [5.41, 5.74) is 0.267. The van der Waals surface area contributed by atoms with Gasteiger partial charge in [-0.25, -0.2) is 0 Å². The van der Waals surface area contributed by atoms with E-state index in [4.69, 9.17) is 0 Å². The van der Waals surface area contributed by atoms with Gasteiger partial charge in [0.15, 0.2) is 0 Å². The van der Waals surface area contributed by atoms with E-state index in [1.54, 1.807) is 0 Å². The van der Waals surface area contributed by atoms with Gasteiger partial charge in [0.2, 0.25) is 0 Å². The second-order valence-electron chi connectivity index (χ2n) is 5.85. The van der Waals surface area contributed by atoms with Crippen LogP contribution in [-0.4, -0.2) is 14.3 Å². The lowest BCUT2D eigenvalue weighted by Crippen LogP contribution is -2.58. The van der Waals surface area contributed by atoms with Gasteiger partial charge in [-0.05, 0) is 30.6 Å². The zero-order valence-electron chi connectivity index (χ0n) is 9.28. The Morgan fingerprint density at radius 3 is 1.93 bits per heavy atom. The number of rotatable bonds is 1. The Bertz CT molecular complexity index is 300. The first-order chi connectivity index (χ1) is 6.56. The van der Waals surface area contributed by atoms with Gasteiger partial charge in [0.05, 0.1) is 5.22 Å². The molecule has 2 bridgehead atoms. The van der Waals surface area contributed by atoms with Gasteiger partial charge in [-0.3, -0.25) is 0 Å². The van der Waals surface area contributed by atoms with Crippen molar-refractivity contribution in [3.63, 3.8) is 0 Å². The van der Waals surface area contributed by atoms with Crippen molar-refractivity contribution in [1.29, 1.82) is 0 Å². The highest BCUT2D eigenvalue weighted by Gasteiger charge is 2.74. The van der Waals surface area contributed by atoms with Crippen molar-refractivity contribution in [1.82, 2.24) is 0 Å². The molecule has 5 heteroatoms. The number of hydrogen-bond donors (Lipinski definition) is 1. The molecule has 2 fully saturated rings. The molecule has 88 valence electrons. The van der Waals surface area contributed by atoms with E-state index in [2.05, 4.69) is 66.6 Å². The zero-order valence-corrected chi connectivity index (χ0v) is 15.0. The van der Waals surface area contributed by atoms with Crippen LogP contribution in [0.25, 0.3) is 0 Å². The number of aliphatic hydroxyl groups is 1. The zero-order chi connectivity index (χ0) is 11.7. The molecule has 3 unspecified atom stereocenters. The van der Waals surface area contributed by atoms with Gasteiger partial charge in [-0.2, -0.15) is 0 Å². The minimum Gasteiger partial charge on any atom is -0.390 e. The minimum atomic E-state index is -2.07. The summed E-state index contributed by atoms with van der Waals surface area (Å²) >= 11 is 11.0. The Morgan fingerprint density at radius 2 is 1.73 bits per heavy atom. The molecular formula is C10H17Br3OSi. The van der Waals surface area contributed by atoms with Gasteiger partial charge in [-0.15, -0.1) is 0 Å². The molecule has 0 amide bonds. The third kappa shape index (κ3) is 1.39. The van der Waals surface area contributed by atoms with Crippen molar-refractivity contribution < 1.29 is 5.11 Å². The predicted molar refractivity (Wildman–Crippen MR) is 76.7 cm³/mol. The molecule has 1 N–H and O–H groups in total. The Labute approximate surface area is 116 Å². The number of hydrogen-bond acceptors (Lipinski definition) is 1. The van der Waals surface area contributed by atoms with E-state index in [0.29, 0.717) is 5.92 Å². The van der Waals surface area contributed by atoms with E-state index in [9.17, 15) is 5.11 Å². The lowest BCUT2D eigenvalue weighted by molar-refractivity contribution is -0.0256. The average Bonchev–Trinajstić information content (AvgIpc) is 2.34. The van der Waals surface area contributed by atoms with E-state index < -0.39 is 9.16 Å². The van der Waals surface area contributed by atoms with Crippen molar-refractivity contribution in [2.75, 3.05) is 0 Å². The highest BCUT2D eigenvalue weighted by atomic mass is 80.0. The van der Waals surface area contributed by atoms with Crippen LogP contribution < -0.4 is 0 Å². The molecule has 2 aliphatic carbocycles. The largest absolute Gasteiger partial charge is 0.390 e. The SMILES string of the molecule is CC1(C)C2CCC1(C)C(O)([Si](Br)(Br)Br)C2. The summed E-state index contributed by atoms with van der Waals surface area (Å²) in [6, 6.07) is 0. The van der Waals surface area contributed by atoms with Crippen LogP contribution in [-0.2, 0) is 0 Å². The normalized spacial score (nSPS) is 48.6. The second-order valence-corrected chi connectivity index (χ2v) is 28.0. The maximum absolute atomic E-state index is 11.0. The summed E-state index contributed by atoms with van der Waals surface area (Å²) < 4.78 is -2.07. The standard InChI is InChI=1S/C10H17Br3OSi/c1-8(2)7-4-5-9(8,3)10(14,6-7)15(11,12)13/h7,14H,4-6H2,1-3H3. The number of fused-ring (bicyclic) bond motifs is 2. The maximum Gasteiger partial charge on any atom is 0.298 e. The molecule has 1 nitrogen and oxygen atoms in total. The summed E-state index contributed by atoms with van der Waals surface area (Å²) in [6.45, 7) is 6.89. The van der Waals surface area contributed by atoms with Crippen molar-refractivity contribution in [3.8, 4) is 0 Å². The lowest BCUT2D eigenvalue weighted by Gasteiger charge is -2.48. The van der Waals surface area contributed by atoms with E-state index in [1.165, 1.54) is 6.42 Å². The highest BCUT2D eigenvalue weighted by molar-refractivity contribution is 9.72. The molecule has 0 saturated heterocycles. The maximum atomic E-state index is 11.0. The summed E-state index contributed by atoms with van der Waals surface area (Å²) in [5, 5.41) is 10.4. The monoisotopic (exact) mass is 418 g/mol. The van der Waals surface area contributed by atoms with E-state index in [-0.39, 0.29) is 10.8 Å². The molecule has 0 spiro atoms. The smallest absolute Gasteiger partial charge is 0.298 e. The Morgan fingerprint density at radius 1 is 1.20 bits per heavy atom. The summed E-state index contributed by atoms with van der Waals surface area (Å²) in [5.74, 6) is 0.659. The molecular weight excluding hydrogens is 404 g/mol. The molecule has 0 aromatic heterocycles. The molecule has 0 aliphatic heterocycles. The van der Waals surface area contributed by atoms with Gasteiger partial charge in [-0.1, -0.05) is 66.6 Å². The van der Waals surface area contributed by atoms with Crippen LogP contribution in [0.5, 0.6) is 0 Å². The van der Waals surface area contributed by atoms with Crippen LogP contribution in [0.4, 0.5) is 0 Å². The number of halogens is 3. The predicted octanol–water partition coefficient (Wildman–Crippen LogP) is 4.23. The fourth-order valence-corrected chi connectivity index (χ4v) is 10.6. The lowest BCUT2D eigenvalue weighted by atomic mass is 9.69. The van der Waals surface area contributed by atoms with Crippen molar-refractivity contribution in [3.05, 3.63) is 0 Å². The second kappa shape index (κ2) is 3.34. The van der Waals surface area contributed by atoms with E-state index in [1.807, 2.05) is 0 Å². The molecule has 2 aliphatic rings. The van der Waals surface area contributed by atoms with Crippen LogP contribution in [0.15, 0.2) is 0 Å². The molecule has 0 aromatic rings. The van der Waals surface area contributed by atoms with Crippen LogP contribution in [0, 0.1) is 16.7 Å². The van der Waals surface area contributed by atoms with Crippen LogP contribution >= 0.6 is 45.9 Å². The first kappa shape index (κ1) is 13.1. The summed E-state index contributed by atoms with van der Waals surface area (Å²) in [7, 11) is 0. The summed E-state index contributed by atoms with van der Waals surface area (Å²) in [4.78, 5) is 0. The van der Waals surface area contributed by atoms with Crippen LogP contribution in [0.2, 0.25) is 0 Å². The van der Waals surface area contributed by atoms with Gasteiger partial charge < -0.3 is 5.11 Å². The van der Waals surface area contributed by atoms with Crippen molar-refractivity contribution in [2.45, 2.75) is 45.3 Å². The molecule has 0 heterocycles. The fraction of sp³-hybridized carbons (Fsp3) is 1.00. The Balaban J connectivity index is 2.50. The molecule has 0 radical (unpaired) electrons. The van der Waals surface area contributed by atoms with E-state index in [0.717, 1.165) is 12.8 Å². The first-order valence-electron chi connectivity index (χ1n) is 5.35. The molecule has 0 aromatic carbocycles.